The number of hydrogen-bond donors (Lipinski definition) is 0. The fraction of sp³-hybridized carbons (Fsp3) is 0.100. The lowest BCUT2D eigenvalue weighted by Gasteiger charge is -2.00. The molecule has 5 heteroatoms. The molecular weight excluding hydrogens is 301 g/mol. The number of aromatic nitrogens is 1. The fourth-order valence-corrected chi connectivity index (χ4v) is 2.19. The highest BCUT2D eigenvalue weighted by molar-refractivity contribution is 9.10. The summed E-state index contributed by atoms with van der Waals surface area (Å²) >= 11 is 14.9. The molecule has 2 nitrogen and oxygen atoms in total. The van der Waals surface area contributed by atoms with Gasteiger partial charge in [-0.25, -0.2) is 4.98 Å². The maximum atomic E-state index is 5.84. The lowest BCUT2D eigenvalue weighted by Crippen LogP contribution is -1.76. The molecule has 2 rings (SSSR count). The second-order valence-corrected chi connectivity index (χ2v) is 4.43. The van der Waals surface area contributed by atoms with Crippen LogP contribution >= 0.6 is 39.1 Å². The molecule has 1 heterocycles. The molecule has 0 atom stereocenters. The van der Waals surface area contributed by atoms with Gasteiger partial charge in [-0.05, 0) is 34.1 Å². The second-order valence-electron chi connectivity index (χ2n) is 2.88. The van der Waals surface area contributed by atoms with Gasteiger partial charge in [0.25, 0.3) is 0 Å². The summed E-state index contributed by atoms with van der Waals surface area (Å²) in [5, 5.41) is 0.669. The van der Waals surface area contributed by atoms with Gasteiger partial charge >= 0.3 is 0 Å². The normalized spacial score (nSPS) is 10.6. The van der Waals surface area contributed by atoms with Gasteiger partial charge in [-0.15, -0.1) is 11.6 Å². The quantitative estimate of drug-likeness (QED) is 0.764. The Labute approximate surface area is 105 Å². The largest absolute Gasteiger partial charge is 0.439 e. The van der Waals surface area contributed by atoms with Crippen LogP contribution in [0.3, 0.4) is 0 Å². The molecule has 0 saturated carbocycles. The van der Waals surface area contributed by atoms with Crippen LogP contribution in [0.2, 0.25) is 5.02 Å². The molecule has 0 aliphatic carbocycles. The summed E-state index contributed by atoms with van der Waals surface area (Å²) in [5.41, 5.74) is 0.906. The number of nitrogens with zero attached hydrogens (tertiary/aromatic N) is 1. The molecule has 0 saturated heterocycles. The van der Waals surface area contributed by atoms with Crippen molar-refractivity contribution >= 4 is 39.1 Å². The molecule has 15 heavy (non-hydrogen) atoms. The van der Waals surface area contributed by atoms with Gasteiger partial charge in [-0.2, -0.15) is 0 Å². The highest BCUT2D eigenvalue weighted by atomic mass is 79.9. The standard InChI is InChI=1S/C10H6BrCl2NO/c11-8-3-6(13)1-2-7(8)9-5-14-10(4-12)15-9/h1-3,5H,4H2. The fourth-order valence-electron chi connectivity index (χ4n) is 1.19. The van der Waals surface area contributed by atoms with Crippen LogP contribution in [0.15, 0.2) is 33.3 Å². The Kier molecular flexibility index (Phi) is 3.34. The number of hydrogen-bond acceptors (Lipinski definition) is 2. The number of benzene rings is 1. The lowest BCUT2D eigenvalue weighted by atomic mass is 10.2. The number of alkyl halides is 1. The van der Waals surface area contributed by atoms with Gasteiger partial charge in [-0.3, -0.25) is 0 Å². The first-order valence-electron chi connectivity index (χ1n) is 4.17. The van der Waals surface area contributed by atoms with Crippen LogP contribution in [-0.4, -0.2) is 4.98 Å². The summed E-state index contributed by atoms with van der Waals surface area (Å²) < 4.78 is 6.29. The van der Waals surface area contributed by atoms with Gasteiger partial charge in [0, 0.05) is 15.1 Å². The van der Waals surface area contributed by atoms with Crippen LogP contribution in [-0.2, 0) is 5.88 Å². The van der Waals surface area contributed by atoms with E-state index in [1.807, 2.05) is 6.07 Å². The highest BCUT2D eigenvalue weighted by Crippen LogP contribution is 2.31. The molecule has 1 aromatic heterocycles. The summed E-state index contributed by atoms with van der Waals surface area (Å²) in [4.78, 5) is 4.02. The third kappa shape index (κ3) is 2.36. The molecule has 0 amide bonds. The van der Waals surface area contributed by atoms with Gasteiger partial charge in [0.1, 0.15) is 0 Å². The van der Waals surface area contributed by atoms with Crippen molar-refractivity contribution in [2.75, 3.05) is 0 Å². The monoisotopic (exact) mass is 305 g/mol. The molecule has 2 aromatic rings. The van der Waals surface area contributed by atoms with E-state index in [4.69, 9.17) is 27.6 Å². The van der Waals surface area contributed by atoms with Crippen molar-refractivity contribution in [3.63, 3.8) is 0 Å². The minimum absolute atomic E-state index is 0.269. The van der Waals surface area contributed by atoms with E-state index in [1.54, 1.807) is 18.3 Å². The minimum Gasteiger partial charge on any atom is -0.439 e. The van der Waals surface area contributed by atoms with Crippen LogP contribution in [0.1, 0.15) is 5.89 Å². The minimum atomic E-state index is 0.269. The number of halogens is 3. The summed E-state index contributed by atoms with van der Waals surface area (Å²) in [6.07, 6.45) is 1.64. The van der Waals surface area contributed by atoms with Crippen LogP contribution < -0.4 is 0 Å². The zero-order chi connectivity index (χ0) is 10.8. The Bertz CT molecular complexity index is 484. The third-order valence-electron chi connectivity index (χ3n) is 1.86. The summed E-state index contributed by atoms with van der Waals surface area (Å²) in [5.74, 6) is 1.45. The Balaban J connectivity index is 2.44. The molecule has 0 radical (unpaired) electrons. The topological polar surface area (TPSA) is 26.0 Å². The first-order chi connectivity index (χ1) is 7.20. The predicted molar refractivity (Wildman–Crippen MR) is 64.2 cm³/mol. The molecule has 78 valence electrons. The highest BCUT2D eigenvalue weighted by Gasteiger charge is 2.09. The molecule has 0 unspecified atom stereocenters. The van der Waals surface area contributed by atoms with Crippen molar-refractivity contribution in [2.24, 2.45) is 0 Å². The Morgan fingerprint density at radius 3 is 2.80 bits per heavy atom. The zero-order valence-electron chi connectivity index (χ0n) is 7.51. The van der Waals surface area contributed by atoms with E-state index < -0.39 is 0 Å². The molecule has 0 aliphatic rings. The predicted octanol–water partition coefficient (Wildman–Crippen LogP) is 4.50. The zero-order valence-corrected chi connectivity index (χ0v) is 10.6. The number of rotatable bonds is 2. The van der Waals surface area contributed by atoms with E-state index in [0.29, 0.717) is 16.7 Å². The molecule has 1 aromatic carbocycles. The van der Waals surface area contributed by atoms with E-state index in [1.165, 1.54) is 0 Å². The summed E-state index contributed by atoms with van der Waals surface area (Å²) in [6, 6.07) is 5.47. The summed E-state index contributed by atoms with van der Waals surface area (Å²) in [6.45, 7) is 0. The Morgan fingerprint density at radius 1 is 1.40 bits per heavy atom. The molecule has 0 spiro atoms. The molecule has 0 bridgehead atoms. The van der Waals surface area contributed by atoms with Gasteiger partial charge in [0.2, 0.25) is 5.89 Å². The Hall–Kier alpha value is -0.510. The van der Waals surface area contributed by atoms with E-state index in [-0.39, 0.29) is 5.88 Å². The molecule has 0 aliphatic heterocycles. The Morgan fingerprint density at radius 2 is 2.20 bits per heavy atom. The summed E-state index contributed by atoms with van der Waals surface area (Å²) in [7, 11) is 0. The van der Waals surface area contributed by atoms with Gasteiger partial charge in [0.05, 0.1) is 12.1 Å². The second kappa shape index (κ2) is 4.56. The molecular formula is C10H6BrCl2NO. The van der Waals surface area contributed by atoms with E-state index in [0.717, 1.165) is 10.0 Å². The SMILES string of the molecule is ClCc1ncc(-c2ccc(Cl)cc2Br)o1. The van der Waals surface area contributed by atoms with Crippen molar-refractivity contribution in [1.82, 2.24) is 4.98 Å². The van der Waals surface area contributed by atoms with Crippen LogP contribution in [0.5, 0.6) is 0 Å². The van der Waals surface area contributed by atoms with Crippen LogP contribution in [0, 0.1) is 0 Å². The van der Waals surface area contributed by atoms with Gasteiger partial charge in [0.15, 0.2) is 5.76 Å². The van der Waals surface area contributed by atoms with Crippen LogP contribution in [0.4, 0.5) is 0 Å². The first kappa shape index (κ1) is 11.0. The van der Waals surface area contributed by atoms with E-state index in [9.17, 15) is 0 Å². The van der Waals surface area contributed by atoms with Crippen LogP contribution in [0.25, 0.3) is 11.3 Å². The van der Waals surface area contributed by atoms with Crippen molar-refractivity contribution in [3.05, 3.63) is 39.8 Å². The average Bonchev–Trinajstić information content (AvgIpc) is 2.66. The van der Waals surface area contributed by atoms with Crippen molar-refractivity contribution in [1.29, 1.82) is 0 Å². The average molecular weight is 307 g/mol. The maximum absolute atomic E-state index is 5.84. The smallest absolute Gasteiger partial charge is 0.209 e. The number of oxazole rings is 1. The first-order valence-corrected chi connectivity index (χ1v) is 5.87. The van der Waals surface area contributed by atoms with E-state index >= 15 is 0 Å². The van der Waals surface area contributed by atoms with Gasteiger partial charge in [-0.1, -0.05) is 11.6 Å². The maximum Gasteiger partial charge on any atom is 0.209 e. The van der Waals surface area contributed by atoms with Crippen molar-refractivity contribution in [3.8, 4) is 11.3 Å². The van der Waals surface area contributed by atoms with Crippen molar-refractivity contribution < 1.29 is 4.42 Å². The van der Waals surface area contributed by atoms with E-state index in [2.05, 4.69) is 20.9 Å². The lowest BCUT2D eigenvalue weighted by molar-refractivity contribution is 0.528. The molecule has 0 fully saturated rings. The molecule has 0 N–H and O–H groups in total. The van der Waals surface area contributed by atoms with Gasteiger partial charge < -0.3 is 4.42 Å². The van der Waals surface area contributed by atoms with Crippen molar-refractivity contribution in [2.45, 2.75) is 5.88 Å². The third-order valence-corrected chi connectivity index (χ3v) is 2.98.